The van der Waals surface area contributed by atoms with E-state index in [9.17, 15) is 10.1 Å². The molecule has 0 unspecified atom stereocenters. The first-order valence-electron chi connectivity index (χ1n) is 6.14. The van der Waals surface area contributed by atoms with Gasteiger partial charge in [-0.25, -0.2) is 4.98 Å². The van der Waals surface area contributed by atoms with E-state index in [4.69, 9.17) is 0 Å². The molecule has 6 heteroatoms. The van der Waals surface area contributed by atoms with Gasteiger partial charge in [-0.15, -0.1) is 0 Å². The van der Waals surface area contributed by atoms with E-state index in [0.717, 1.165) is 17.1 Å². The lowest BCUT2D eigenvalue weighted by atomic mass is 10.2. The van der Waals surface area contributed by atoms with Crippen molar-refractivity contribution in [2.24, 2.45) is 0 Å². The maximum atomic E-state index is 11.0. The van der Waals surface area contributed by atoms with Gasteiger partial charge in [-0.3, -0.25) is 10.1 Å². The van der Waals surface area contributed by atoms with Gasteiger partial charge in [0, 0.05) is 37.2 Å². The molecule has 0 bridgehead atoms. The summed E-state index contributed by atoms with van der Waals surface area (Å²) in [6.45, 7) is 1.80. The summed E-state index contributed by atoms with van der Waals surface area (Å²) in [4.78, 5) is 16.7. The molecule has 0 amide bonds. The van der Waals surface area contributed by atoms with Crippen molar-refractivity contribution in [3.8, 4) is 0 Å². The predicted octanol–water partition coefficient (Wildman–Crippen LogP) is 3.11. The first-order valence-corrected chi connectivity index (χ1v) is 6.14. The largest absolute Gasteiger partial charge is 0.378 e. The molecule has 0 saturated carbocycles. The third-order valence-electron chi connectivity index (χ3n) is 2.86. The Morgan fingerprint density at radius 2 is 1.80 bits per heavy atom. The Balaban J connectivity index is 2.29. The molecule has 1 heterocycles. The lowest BCUT2D eigenvalue weighted by Crippen LogP contribution is -2.08. The summed E-state index contributed by atoms with van der Waals surface area (Å²) in [7, 11) is 3.91. The van der Waals surface area contributed by atoms with Crippen molar-refractivity contribution in [2.75, 3.05) is 24.3 Å². The SMILES string of the molecule is Cc1ccc([N+](=O)[O-])c(Nc2ccc(N(C)C)cc2)n1. The Morgan fingerprint density at radius 3 is 2.35 bits per heavy atom. The zero-order valence-electron chi connectivity index (χ0n) is 11.6. The number of pyridine rings is 1. The predicted molar refractivity (Wildman–Crippen MR) is 79.7 cm³/mol. The van der Waals surface area contributed by atoms with Crippen molar-refractivity contribution in [3.63, 3.8) is 0 Å². The number of aryl methyl sites for hydroxylation is 1. The van der Waals surface area contributed by atoms with Gasteiger partial charge in [0.2, 0.25) is 5.82 Å². The zero-order chi connectivity index (χ0) is 14.7. The molecule has 0 fully saturated rings. The summed E-state index contributed by atoms with van der Waals surface area (Å²) >= 11 is 0. The summed E-state index contributed by atoms with van der Waals surface area (Å²) in [5.41, 5.74) is 2.51. The highest BCUT2D eigenvalue weighted by atomic mass is 16.6. The minimum Gasteiger partial charge on any atom is -0.378 e. The van der Waals surface area contributed by atoms with E-state index in [1.54, 1.807) is 13.0 Å². The minimum absolute atomic E-state index is 0.0349. The molecule has 6 nitrogen and oxygen atoms in total. The molecule has 0 spiro atoms. The van der Waals surface area contributed by atoms with Crippen LogP contribution in [0.5, 0.6) is 0 Å². The van der Waals surface area contributed by atoms with Crippen LogP contribution >= 0.6 is 0 Å². The number of nitro groups is 1. The van der Waals surface area contributed by atoms with Crippen LogP contribution in [-0.4, -0.2) is 24.0 Å². The molecule has 1 aromatic heterocycles. The lowest BCUT2D eigenvalue weighted by molar-refractivity contribution is -0.384. The van der Waals surface area contributed by atoms with Crippen LogP contribution in [0.15, 0.2) is 36.4 Å². The summed E-state index contributed by atoms with van der Waals surface area (Å²) < 4.78 is 0. The molecular formula is C14H16N4O2. The Kier molecular flexibility index (Phi) is 3.84. The smallest absolute Gasteiger partial charge is 0.311 e. The number of aromatic nitrogens is 1. The van der Waals surface area contributed by atoms with Crippen molar-refractivity contribution < 1.29 is 4.92 Å². The van der Waals surface area contributed by atoms with E-state index in [1.807, 2.05) is 43.3 Å². The van der Waals surface area contributed by atoms with Gasteiger partial charge in [0.25, 0.3) is 0 Å². The maximum Gasteiger partial charge on any atom is 0.311 e. The van der Waals surface area contributed by atoms with Crippen molar-refractivity contribution in [1.29, 1.82) is 0 Å². The highest BCUT2D eigenvalue weighted by molar-refractivity contribution is 5.67. The van der Waals surface area contributed by atoms with Crippen LogP contribution in [-0.2, 0) is 0 Å². The first kappa shape index (κ1) is 13.8. The van der Waals surface area contributed by atoms with Crippen LogP contribution in [0, 0.1) is 17.0 Å². The lowest BCUT2D eigenvalue weighted by Gasteiger charge is -2.13. The normalized spacial score (nSPS) is 10.2. The van der Waals surface area contributed by atoms with Crippen molar-refractivity contribution in [3.05, 3.63) is 52.2 Å². The van der Waals surface area contributed by atoms with E-state index in [-0.39, 0.29) is 11.5 Å². The Morgan fingerprint density at radius 1 is 1.15 bits per heavy atom. The summed E-state index contributed by atoms with van der Waals surface area (Å²) in [6, 6.07) is 10.7. The molecule has 1 aromatic carbocycles. The van der Waals surface area contributed by atoms with Crippen LogP contribution in [0.25, 0.3) is 0 Å². The van der Waals surface area contributed by atoms with Crippen LogP contribution in [0.1, 0.15) is 5.69 Å². The second-order valence-electron chi connectivity index (χ2n) is 4.64. The van der Waals surface area contributed by atoms with Crippen LogP contribution in [0.2, 0.25) is 0 Å². The van der Waals surface area contributed by atoms with Crippen LogP contribution in [0.4, 0.5) is 22.9 Å². The Bertz CT molecular complexity index is 624. The molecule has 0 atom stereocenters. The third kappa shape index (κ3) is 3.03. The quantitative estimate of drug-likeness (QED) is 0.684. The summed E-state index contributed by atoms with van der Waals surface area (Å²) in [6.07, 6.45) is 0. The number of hydrogen-bond donors (Lipinski definition) is 1. The Labute approximate surface area is 117 Å². The number of hydrogen-bond acceptors (Lipinski definition) is 5. The van der Waals surface area contributed by atoms with Crippen molar-refractivity contribution in [1.82, 2.24) is 4.98 Å². The average molecular weight is 272 g/mol. The molecule has 0 aliphatic carbocycles. The van der Waals surface area contributed by atoms with Gasteiger partial charge in [0.1, 0.15) is 0 Å². The molecule has 0 radical (unpaired) electrons. The molecule has 0 aliphatic rings. The standard InChI is InChI=1S/C14H16N4O2/c1-10-4-9-13(18(19)20)14(15-10)16-11-5-7-12(8-6-11)17(2)3/h4-9H,1-3H3,(H,15,16). The molecular weight excluding hydrogens is 256 g/mol. The molecule has 2 rings (SSSR count). The van der Waals surface area contributed by atoms with Crippen LogP contribution in [0.3, 0.4) is 0 Å². The fraction of sp³-hybridized carbons (Fsp3) is 0.214. The van der Waals surface area contributed by atoms with E-state index in [1.165, 1.54) is 6.07 Å². The van der Waals surface area contributed by atoms with Crippen molar-refractivity contribution >= 4 is 22.9 Å². The van der Waals surface area contributed by atoms with Gasteiger partial charge < -0.3 is 10.2 Å². The average Bonchev–Trinajstić information content (AvgIpc) is 2.39. The number of anilines is 3. The van der Waals surface area contributed by atoms with Gasteiger partial charge in [0.15, 0.2) is 0 Å². The van der Waals surface area contributed by atoms with Gasteiger partial charge in [-0.1, -0.05) is 0 Å². The highest BCUT2D eigenvalue weighted by Crippen LogP contribution is 2.26. The van der Waals surface area contributed by atoms with Crippen LogP contribution < -0.4 is 10.2 Å². The van der Waals surface area contributed by atoms with Crippen molar-refractivity contribution in [2.45, 2.75) is 6.92 Å². The maximum absolute atomic E-state index is 11.0. The monoisotopic (exact) mass is 272 g/mol. The summed E-state index contributed by atoms with van der Waals surface area (Å²) in [5, 5.41) is 14.0. The van der Waals surface area contributed by atoms with Gasteiger partial charge >= 0.3 is 5.69 Å². The molecule has 104 valence electrons. The minimum atomic E-state index is -0.442. The second-order valence-corrected chi connectivity index (χ2v) is 4.64. The Hall–Kier alpha value is -2.63. The molecule has 0 aliphatic heterocycles. The third-order valence-corrected chi connectivity index (χ3v) is 2.86. The van der Waals surface area contributed by atoms with Gasteiger partial charge in [0.05, 0.1) is 4.92 Å². The zero-order valence-corrected chi connectivity index (χ0v) is 11.6. The van der Waals surface area contributed by atoms with E-state index < -0.39 is 4.92 Å². The van der Waals surface area contributed by atoms with E-state index in [0.29, 0.717) is 0 Å². The number of nitrogens with one attached hydrogen (secondary N) is 1. The number of benzene rings is 1. The molecule has 20 heavy (non-hydrogen) atoms. The first-order chi connectivity index (χ1) is 9.47. The van der Waals surface area contributed by atoms with Gasteiger partial charge in [-0.2, -0.15) is 0 Å². The molecule has 0 saturated heterocycles. The summed E-state index contributed by atoms with van der Waals surface area (Å²) in [5.74, 6) is 0.257. The topological polar surface area (TPSA) is 71.3 Å². The second kappa shape index (κ2) is 5.56. The molecule has 1 N–H and O–H groups in total. The fourth-order valence-electron chi connectivity index (χ4n) is 1.77. The number of nitrogens with zero attached hydrogens (tertiary/aromatic N) is 3. The van der Waals surface area contributed by atoms with E-state index >= 15 is 0 Å². The highest BCUT2D eigenvalue weighted by Gasteiger charge is 2.15. The van der Waals surface area contributed by atoms with Gasteiger partial charge in [-0.05, 0) is 37.3 Å². The number of rotatable bonds is 4. The fourth-order valence-corrected chi connectivity index (χ4v) is 1.77. The molecule has 2 aromatic rings. The van der Waals surface area contributed by atoms with E-state index in [2.05, 4.69) is 10.3 Å².